The summed E-state index contributed by atoms with van der Waals surface area (Å²) in [6.45, 7) is 1.14. The molecule has 0 spiro atoms. The quantitative estimate of drug-likeness (QED) is 0.759. The van der Waals surface area contributed by atoms with Crippen molar-refractivity contribution in [2.45, 2.75) is 12.8 Å². The van der Waals surface area contributed by atoms with E-state index in [0.717, 1.165) is 18.5 Å². The highest BCUT2D eigenvalue weighted by atomic mass is 35.5. The lowest BCUT2D eigenvalue weighted by atomic mass is 9.89. The first-order valence-electron chi connectivity index (χ1n) is 8.82. The van der Waals surface area contributed by atoms with Gasteiger partial charge in [-0.25, -0.2) is 0 Å². The zero-order chi connectivity index (χ0) is 18.7. The predicted molar refractivity (Wildman–Crippen MR) is 105 cm³/mol. The third-order valence-corrected chi connectivity index (χ3v) is 5.03. The first-order chi connectivity index (χ1) is 12.5. The van der Waals surface area contributed by atoms with Crippen molar-refractivity contribution in [1.29, 1.82) is 0 Å². The molecule has 0 N–H and O–H groups in total. The topological polar surface area (TPSA) is 40.6 Å². The van der Waals surface area contributed by atoms with E-state index in [-0.39, 0.29) is 17.6 Å². The summed E-state index contributed by atoms with van der Waals surface area (Å²) in [7, 11) is 3.90. The number of likely N-dealkylation sites (tertiary alicyclic amines) is 1. The van der Waals surface area contributed by atoms with Crippen LogP contribution in [0.25, 0.3) is 0 Å². The smallest absolute Gasteiger partial charge is 0.253 e. The molecule has 1 aliphatic heterocycles. The van der Waals surface area contributed by atoms with Crippen LogP contribution in [0.2, 0.25) is 5.02 Å². The van der Waals surface area contributed by atoms with E-state index in [9.17, 15) is 9.59 Å². The van der Waals surface area contributed by atoms with Gasteiger partial charge in [0.2, 0.25) is 0 Å². The fourth-order valence-corrected chi connectivity index (χ4v) is 3.54. The number of carbonyl (C=O) groups excluding carboxylic acids is 2. The molecule has 1 unspecified atom stereocenters. The number of hydrogen-bond acceptors (Lipinski definition) is 3. The summed E-state index contributed by atoms with van der Waals surface area (Å²) in [4.78, 5) is 29.5. The van der Waals surface area contributed by atoms with Gasteiger partial charge < -0.3 is 9.80 Å². The molecule has 136 valence electrons. The SMILES string of the molecule is CN(C)c1cccc(C(=O)N2CCCC(C(=O)c3cccc(Cl)c3)C2)c1. The summed E-state index contributed by atoms with van der Waals surface area (Å²) in [5, 5.41) is 0.556. The number of Topliss-reactive ketones (excluding diaryl/α,β-unsaturated/α-hetero) is 1. The van der Waals surface area contributed by atoms with Crippen molar-refractivity contribution >= 4 is 29.0 Å². The molecular weight excluding hydrogens is 348 g/mol. The number of piperidine rings is 1. The number of carbonyl (C=O) groups is 2. The third-order valence-electron chi connectivity index (χ3n) is 4.80. The maximum atomic E-state index is 12.9. The largest absolute Gasteiger partial charge is 0.378 e. The lowest BCUT2D eigenvalue weighted by molar-refractivity contribution is 0.0637. The van der Waals surface area contributed by atoms with Crippen LogP contribution >= 0.6 is 11.6 Å². The van der Waals surface area contributed by atoms with Crippen LogP contribution in [0, 0.1) is 5.92 Å². The fraction of sp³-hybridized carbons (Fsp3) is 0.333. The molecule has 0 radical (unpaired) electrons. The fourth-order valence-electron chi connectivity index (χ4n) is 3.35. The molecule has 0 aliphatic carbocycles. The molecule has 1 heterocycles. The van der Waals surface area contributed by atoms with Gasteiger partial charge in [0.25, 0.3) is 5.91 Å². The van der Waals surface area contributed by atoms with E-state index in [1.165, 1.54) is 0 Å². The van der Waals surface area contributed by atoms with Crippen molar-refractivity contribution in [2.75, 3.05) is 32.1 Å². The predicted octanol–water partition coefficient (Wildman–Crippen LogP) is 4.14. The Balaban J connectivity index is 1.75. The van der Waals surface area contributed by atoms with E-state index in [2.05, 4.69) is 0 Å². The van der Waals surface area contributed by atoms with Gasteiger partial charge in [0.15, 0.2) is 5.78 Å². The second kappa shape index (κ2) is 7.92. The first kappa shape index (κ1) is 18.5. The summed E-state index contributed by atoms with van der Waals surface area (Å²) in [5.74, 6) is -0.132. The second-order valence-electron chi connectivity index (χ2n) is 6.91. The van der Waals surface area contributed by atoms with Crippen LogP contribution in [0.1, 0.15) is 33.6 Å². The Bertz CT molecular complexity index is 819. The highest BCUT2D eigenvalue weighted by Crippen LogP contribution is 2.24. The van der Waals surface area contributed by atoms with Crippen LogP contribution in [-0.4, -0.2) is 43.8 Å². The van der Waals surface area contributed by atoms with Gasteiger partial charge in [-0.05, 0) is 43.2 Å². The number of amides is 1. The first-order valence-corrected chi connectivity index (χ1v) is 9.20. The zero-order valence-corrected chi connectivity index (χ0v) is 15.9. The van der Waals surface area contributed by atoms with E-state index in [1.54, 1.807) is 29.2 Å². The van der Waals surface area contributed by atoms with Gasteiger partial charge in [-0.3, -0.25) is 9.59 Å². The summed E-state index contributed by atoms with van der Waals surface area (Å²) in [6, 6.07) is 14.6. The molecule has 1 saturated heterocycles. The van der Waals surface area contributed by atoms with Gasteiger partial charge in [-0.2, -0.15) is 0 Å². The summed E-state index contributed by atoms with van der Waals surface area (Å²) >= 11 is 6.01. The minimum atomic E-state index is -0.178. The number of nitrogens with zero attached hydrogens (tertiary/aromatic N) is 2. The van der Waals surface area contributed by atoms with E-state index in [4.69, 9.17) is 11.6 Å². The van der Waals surface area contributed by atoms with E-state index in [0.29, 0.717) is 29.2 Å². The molecule has 1 fully saturated rings. The van der Waals surface area contributed by atoms with E-state index >= 15 is 0 Å². The lowest BCUT2D eigenvalue weighted by Gasteiger charge is -2.32. The maximum absolute atomic E-state index is 12.9. The minimum Gasteiger partial charge on any atom is -0.378 e. The Kier molecular flexibility index (Phi) is 5.62. The standard InChI is InChI=1S/C21H23ClN2O2/c1-23(2)19-10-4-7-16(13-19)21(26)24-11-5-8-17(14-24)20(25)15-6-3-9-18(22)12-15/h3-4,6-7,9-10,12-13,17H,5,8,11,14H2,1-2H3. The number of ketones is 1. The molecule has 0 saturated carbocycles. The maximum Gasteiger partial charge on any atom is 0.253 e. The monoisotopic (exact) mass is 370 g/mol. The highest BCUT2D eigenvalue weighted by Gasteiger charge is 2.29. The molecule has 5 heteroatoms. The van der Waals surface area contributed by atoms with Crippen LogP contribution in [-0.2, 0) is 0 Å². The molecule has 1 amide bonds. The third kappa shape index (κ3) is 4.07. The minimum absolute atomic E-state index is 0.0164. The average Bonchev–Trinajstić information content (AvgIpc) is 2.67. The van der Waals surface area contributed by atoms with Gasteiger partial charge in [-0.15, -0.1) is 0 Å². The van der Waals surface area contributed by atoms with Gasteiger partial charge in [-0.1, -0.05) is 29.8 Å². The van der Waals surface area contributed by atoms with Crippen molar-refractivity contribution in [2.24, 2.45) is 5.92 Å². The van der Waals surface area contributed by atoms with Gasteiger partial charge in [0.1, 0.15) is 0 Å². The number of benzene rings is 2. The zero-order valence-electron chi connectivity index (χ0n) is 15.1. The normalized spacial score (nSPS) is 17.0. The second-order valence-corrected chi connectivity index (χ2v) is 7.35. The molecule has 3 rings (SSSR count). The Labute approximate surface area is 159 Å². The van der Waals surface area contributed by atoms with Gasteiger partial charge in [0.05, 0.1) is 0 Å². The lowest BCUT2D eigenvalue weighted by Crippen LogP contribution is -2.42. The van der Waals surface area contributed by atoms with Crippen LogP contribution in [0.3, 0.4) is 0 Å². The summed E-state index contributed by atoms with van der Waals surface area (Å²) in [5.41, 5.74) is 2.26. The summed E-state index contributed by atoms with van der Waals surface area (Å²) < 4.78 is 0. The van der Waals surface area contributed by atoms with Gasteiger partial charge >= 0.3 is 0 Å². The Morgan fingerprint density at radius 3 is 2.54 bits per heavy atom. The Morgan fingerprint density at radius 2 is 1.81 bits per heavy atom. The molecule has 2 aromatic carbocycles. The molecule has 26 heavy (non-hydrogen) atoms. The molecule has 4 nitrogen and oxygen atoms in total. The molecule has 2 aromatic rings. The van der Waals surface area contributed by atoms with E-state index in [1.807, 2.05) is 43.3 Å². The molecule has 1 aliphatic rings. The van der Waals surface area contributed by atoms with Crippen LogP contribution in [0.15, 0.2) is 48.5 Å². The molecule has 0 bridgehead atoms. The number of rotatable bonds is 4. The van der Waals surface area contributed by atoms with Gasteiger partial charge in [0, 0.05) is 54.9 Å². The Hall–Kier alpha value is -2.33. The highest BCUT2D eigenvalue weighted by molar-refractivity contribution is 6.31. The number of halogens is 1. The Morgan fingerprint density at radius 1 is 1.08 bits per heavy atom. The van der Waals surface area contributed by atoms with Crippen LogP contribution in [0.4, 0.5) is 5.69 Å². The van der Waals surface area contributed by atoms with Crippen LogP contribution < -0.4 is 4.90 Å². The molecule has 1 atom stereocenters. The van der Waals surface area contributed by atoms with Crippen LogP contribution in [0.5, 0.6) is 0 Å². The van der Waals surface area contributed by atoms with Crippen molar-refractivity contribution in [1.82, 2.24) is 4.90 Å². The molecule has 0 aromatic heterocycles. The van der Waals surface area contributed by atoms with Crippen molar-refractivity contribution in [3.8, 4) is 0 Å². The van der Waals surface area contributed by atoms with E-state index < -0.39 is 0 Å². The molecular formula is C21H23ClN2O2. The van der Waals surface area contributed by atoms with Crippen molar-refractivity contribution < 1.29 is 9.59 Å². The summed E-state index contributed by atoms with van der Waals surface area (Å²) in [6.07, 6.45) is 1.63. The number of anilines is 1. The number of hydrogen-bond donors (Lipinski definition) is 0. The van der Waals surface area contributed by atoms with Crippen molar-refractivity contribution in [3.63, 3.8) is 0 Å². The average molecular weight is 371 g/mol. The van der Waals surface area contributed by atoms with Crippen molar-refractivity contribution in [3.05, 3.63) is 64.7 Å².